The van der Waals surface area contributed by atoms with Crippen molar-refractivity contribution in [1.82, 2.24) is 0 Å². The molecule has 0 spiro atoms. The van der Waals surface area contributed by atoms with Crippen LogP contribution in [0, 0.1) is 6.07 Å². The molecule has 0 nitrogen and oxygen atoms in total. The summed E-state index contributed by atoms with van der Waals surface area (Å²) in [6.45, 7) is 6.81. The molecule has 0 unspecified atom stereocenters. The average molecular weight is 184 g/mol. The lowest BCUT2D eigenvalue weighted by atomic mass is 10.4. The Bertz CT molecular complexity index is 250. The molecular weight excluding hydrogens is 172 g/mol. The number of halogens is 1. The molecule has 0 aliphatic heterocycles. The van der Waals surface area contributed by atoms with Crippen molar-refractivity contribution < 1.29 is 0 Å². The Morgan fingerprint density at radius 1 is 1.36 bits per heavy atom. The van der Waals surface area contributed by atoms with Crippen LogP contribution in [0.5, 0.6) is 0 Å². The molecule has 0 aliphatic rings. The summed E-state index contributed by atoms with van der Waals surface area (Å²) in [4.78, 5) is 0. The fraction of sp³-hybridized carbons (Fsp3) is 0.333. The summed E-state index contributed by atoms with van der Waals surface area (Å²) in [5.74, 6) is 0. The normalized spacial score (nSPS) is 11.6. The van der Waals surface area contributed by atoms with Crippen LogP contribution in [0.3, 0.4) is 0 Å². The van der Waals surface area contributed by atoms with Crippen LogP contribution in [0.1, 0.15) is 0 Å². The summed E-state index contributed by atoms with van der Waals surface area (Å²) in [7, 11) is -1.27. The number of benzene rings is 1. The van der Waals surface area contributed by atoms with Gasteiger partial charge in [0.1, 0.15) is 0 Å². The number of hydrogen-bond acceptors (Lipinski definition) is 0. The van der Waals surface area contributed by atoms with Crippen LogP contribution in [0.25, 0.3) is 0 Å². The van der Waals surface area contributed by atoms with Crippen molar-refractivity contribution in [2.45, 2.75) is 19.6 Å². The van der Waals surface area contributed by atoms with E-state index in [1.165, 1.54) is 5.19 Å². The van der Waals surface area contributed by atoms with Crippen LogP contribution < -0.4 is 5.19 Å². The zero-order valence-corrected chi connectivity index (χ0v) is 8.87. The Kier molecular flexibility index (Phi) is 2.40. The van der Waals surface area contributed by atoms with Crippen molar-refractivity contribution in [3.05, 3.63) is 29.3 Å². The Labute approximate surface area is 74.2 Å². The maximum absolute atomic E-state index is 6.01. The van der Waals surface area contributed by atoms with E-state index in [0.717, 1.165) is 5.02 Å². The van der Waals surface area contributed by atoms with Crippen LogP contribution in [0.15, 0.2) is 18.2 Å². The van der Waals surface area contributed by atoms with Crippen molar-refractivity contribution in [2.75, 3.05) is 0 Å². The molecule has 59 valence electrons. The van der Waals surface area contributed by atoms with Crippen LogP contribution in [-0.4, -0.2) is 8.07 Å². The van der Waals surface area contributed by atoms with E-state index in [-0.39, 0.29) is 0 Å². The molecule has 1 rings (SSSR count). The molecule has 1 aromatic carbocycles. The summed E-state index contributed by atoms with van der Waals surface area (Å²) in [6, 6.07) is 9.00. The van der Waals surface area contributed by atoms with Crippen LogP contribution in [-0.2, 0) is 0 Å². The molecule has 0 amide bonds. The highest BCUT2D eigenvalue weighted by Crippen LogP contribution is 2.10. The van der Waals surface area contributed by atoms with Crippen molar-refractivity contribution >= 4 is 24.9 Å². The summed E-state index contributed by atoms with van der Waals surface area (Å²) < 4.78 is 0. The van der Waals surface area contributed by atoms with E-state index in [1.54, 1.807) is 0 Å². The maximum atomic E-state index is 6.01. The lowest BCUT2D eigenvalue weighted by Gasteiger charge is -2.17. The molecule has 0 atom stereocenters. The highest BCUT2D eigenvalue weighted by Gasteiger charge is 2.18. The first kappa shape index (κ1) is 8.82. The van der Waals surface area contributed by atoms with Crippen molar-refractivity contribution in [3.63, 3.8) is 0 Å². The third kappa shape index (κ3) is 2.08. The molecule has 0 saturated heterocycles. The summed E-state index contributed by atoms with van der Waals surface area (Å²) in [5.41, 5.74) is 0. The molecule has 0 aliphatic carbocycles. The van der Waals surface area contributed by atoms with Gasteiger partial charge in [-0.3, -0.25) is 0 Å². The highest BCUT2D eigenvalue weighted by molar-refractivity contribution is 6.90. The Morgan fingerprint density at radius 3 is 2.36 bits per heavy atom. The SMILES string of the molecule is C[Si](C)(C)c1[c]cccc1Cl. The van der Waals surface area contributed by atoms with Gasteiger partial charge in [-0.1, -0.05) is 43.4 Å². The van der Waals surface area contributed by atoms with Crippen LogP contribution in [0.4, 0.5) is 0 Å². The van der Waals surface area contributed by atoms with Crippen molar-refractivity contribution in [3.8, 4) is 0 Å². The molecule has 0 fully saturated rings. The van der Waals surface area contributed by atoms with Gasteiger partial charge in [-0.05, 0) is 17.3 Å². The quantitative estimate of drug-likeness (QED) is 0.588. The third-order valence-electron chi connectivity index (χ3n) is 1.56. The zero-order chi connectivity index (χ0) is 8.48. The first-order valence-corrected chi connectivity index (χ1v) is 7.56. The second-order valence-corrected chi connectivity index (χ2v) is 9.05. The number of hydrogen-bond donors (Lipinski definition) is 0. The first-order chi connectivity index (χ1) is 5.02. The minimum atomic E-state index is -1.27. The van der Waals surface area contributed by atoms with Gasteiger partial charge in [0.2, 0.25) is 0 Å². The van der Waals surface area contributed by atoms with E-state index in [1.807, 2.05) is 18.2 Å². The smallest absolute Gasteiger partial charge is 0.0803 e. The van der Waals surface area contributed by atoms with E-state index in [2.05, 4.69) is 25.7 Å². The molecule has 2 heteroatoms. The predicted octanol–water partition coefficient (Wildman–Crippen LogP) is 2.69. The monoisotopic (exact) mass is 183 g/mol. The second kappa shape index (κ2) is 3.00. The number of rotatable bonds is 1. The van der Waals surface area contributed by atoms with Gasteiger partial charge in [0.25, 0.3) is 0 Å². The van der Waals surface area contributed by atoms with Gasteiger partial charge in [0.05, 0.1) is 8.07 Å². The molecule has 11 heavy (non-hydrogen) atoms. The van der Waals surface area contributed by atoms with E-state index in [0.29, 0.717) is 0 Å². The largest absolute Gasteiger partial charge is 0.0844 e. The summed E-state index contributed by atoms with van der Waals surface area (Å²) in [5, 5.41) is 2.09. The Balaban J connectivity index is 3.14. The molecule has 1 aromatic rings. The van der Waals surface area contributed by atoms with Gasteiger partial charge in [0, 0.05) is 5.02 Å². The fourth-order valence-electron chi connectivity index (χ4n) is 0.991. The fourth-order valence-corrected chi connectivity index (χ4v) is 3.28. The predicted molar refractivity (Wildman–Crippen MR) is 53.3 cm³/mol. The lowest BCUT2D eigenvalue weighted by molar-refractivity contribution is 1.67. The van der Waals surface area contributed by atoms with Crippen molar-refractivity contribution in [2.24, 2.45) is 0 Å². The van der Waals surface area contributed by atoms with E-state index < -0.39 is 8.07 Å². The van der Waals surface area contributed by atoms with Crippen molar-refractivity contribution in [1.29, 1.82) is 0 Å². The third-order valence-corrected chi connectivity index (χ3v) is 3.94. The summed E-state index contributed by atoms with van der Waals surface area (Å²) in [6.07, 6.45) is 0. The zero-order valence-electron chi connectivity index (χ0n) is 7.11. The topological polar surface area (TPSA) is 0 Å². The summed E-state index contributed by atoms with van der Waals surface area (Å²) >= 11 is 6.01. The molecule has 1 radical (unpaired) electrons. The van der Waals surface area contributed by atoms with Crippen LogP contribution >= 0.6 is 11.6 Å². The van der Waals surface area contributed by atoms with E-state index in [4.69, 9.17) is 11.6 Å². The van der Waals surface area contributed by atoms with Gasteiger partial charge >= 0.3 is 0 Å². The molecule has 0 bridgehead atoms. The molecule has 0 N–H and O–H groups in total. The Hall–Kier alpha value is -0.273. The minimum absolute atomic E-state index is 0.867. The van der Waals surface area contributed by atoms with Gasteiger partial charge in [0.15, 0.2) is 0 Å². The molecular formula is C9H12ClSi. The van der Waals surface area contributed by atoms with E-state index in [9.17, 15) is 0 Å². The van der Waals surface area contributed by atoms with Gasteiger partial charge in [-0.15, -0.1) is 0 Å². The highest BCUT2D eigenvalue weighted by atomic mass is 35.5. The van der Waals surface area contributed by atoms with Gasteiger partial charge in [-0.2, -0.15) is 0 Å². The lowest BCUT2D eigenvalue weighted by Crippen LogP contribution is -2.38. The minimum Gasteiger partial charge on any atom is -0.0844 e. The van der Waals surface area contributed by atoms with E-state index >= 15 is 0 Å². The molecule has 0 aromatic heterocycles. The molecule has 0 saturated carbocycles. The first-order valence-electron chi connectivity index (χ1n) is 3.68. The average Bonchev–Trinajstić information content (AvgIpc) is 1.86. The van der Waals surface area contributed by atoms with Gasteiger partial charge in [-0.25, -0.2) is 0 Å². The van der Waals surface area contributed by atoms with Gasteiger partial charge < -0.3 is 0 Å². The molecule has 0 heterocycles. The standard InChI is InChI=1S/C9H12ClSi/c1-11(2,3)9-7-5-4-6-8(9)10/h4-6H,1-3H3. The Morgan fingerprint density at radius 2 is 2.00 bits per heavy atom. The van der Waals surface area contributed by atoms with Crippen LogP contribution in [0.2, 0.25) is 24.7 Å². The second-order valence-electron chi connectivity index (χ2n) is 3.64. The maximum Gasteiger partial charge on any atom is 0.0803 e.